The Morgan fingerprint density at radius 2 is 2.06 bits per heavy atom. The van der Waals surface area contributed by atoms with Crippen LogP contribution >= 0.6 is 15.9 Å². The molecular formula is C12H18BrNO2. The quantitative estimate of drug-likeness (QED) is 0.783. The highest BCUT2D eigenvalue weighted by molar-refractivity contribution is 9.10. The summed E-state index contributed by atoms with van der Waals surface area (Å²) in [6.45, 7) is 4.26. The van der Waals surface area contributed by atoms with Crippen LogP contribution in [0.15, 0.2) is 22.7 Å². The van der Waals surface area contributed by atoms with Crippen molar-refractivity contribution in [2.75, 3.05) is 26.8 Å². The van der Waals surface area contributed by atoms with E-state index < -0.39 is 0 Å². The summed E-state index contributed by atoms with van der Waals surface area (Å²) in [5.74, 6) is 1.60. The minimum atomic E-state index is 0.642. The predicted octanol–water partition coefficient (Wildman–Crippen LogP) is 2.84. The smallest absolute Gasteiger partial charge is 0.162 e. The molecule has 16 heavy (non-hydrogen) atoms. The molecular weight excluding hydrogens is 270 g/mol. The summed E-state index contributed by atoms with van der Waals surface area (Å²) < 4.78 is 12.2. The second-order valence-corrected chi connectivity index (χ2v) is 4.25. The van der Waals surface area contributed by atoms with Gasteiger partial charge in [0.05, 0.1) is 13.2 Å². The van der Waals surface area contributed by atoms with E-state index >= 15 is 0 Å². The number of benzene rings is 1. The minimum absolute atomic E-state index is 0.642. The Hall–Kier alpha value is -0.740. The molecule has 1 aromatic rings. The third-order valence-electron chi connectivity index (χ3n) is 2.03. The van der Waals surface area contributed by atoms with E-state index in [2.05, 4.69) is 21.2 Å². The molecule has 0 aromatic heterocycles. The van der Waals surface area contributed by atoms with E-state index in [9.17, 15) is 0 Å². The first-order valence-electron chi connectivity index (χ1n) is 5.47. The molecule has 4 heteroatoms. The van der Waals surface area contributed by atoms with Crippen LogP contribution in [-0.4, -0.2) is 26.8 Å². The predicted molar refractivity (Wildman–Crippen MR) is 69.3 cm³/mol. The Kier molecular flexibility index (Phi) is 6.26. The lowest BCUT2D eigenvalue weighted by atomic mass is 10.3. The first-order chi connectivity index (χ1) is 7.77. The first-order valence-corrected chi connectivity index (χ1v) is 6.27. The van der Waals surface area contributed by atoms with Crippen molar-refractivity contribution >= 4 is 15.9 Å². The first kappa shape index (κ1) is 13.3. The minimum Gasteiger partial charge on any atom is -0.490 e. The molecule has 0 radical (unpaired) electrons. The molecule has 0 unspecified atom stereocenters. The number of halogens is 1. The topological polar surface area (TPSA) is 30.5 Å². The molecule has 1 aromatic carbocycles. The van der Waals surface area contributed by atoms with E-state index in [-0.39, 0.29) is 0 Å². The average molecular weight is 288 g/mol. The van der Waals surface area contributed by atoms with Gasteiger partial charge in [0.1, 0.15) is 0 Å². The largest absolute Gasteiger partial charge is 0.490 e. The van der Waals surface area contributed by atoms with E-state index in [0.29, 0.717) is 13.2 Å². The standard InChI is InChI=1S/C12H18BrNO2/c1-3-15-12-9-10(13)5-6-11(12)16-8-4-7-14-2/h5-6,9,14H,3-4,7-8H2,1-2H3. The van der Waals surface area contributed by atoms with Gasteiger partial charge in [-0.2, -0.15) is 0 Å². The Bertz CT molecular complexity index is 318. The third-order valence-corrected chi connectivity index (χ3v) is 2.53. The highest BCUT2D eigenvalue weighted by atomic mass is 79.9. The normalized spacial score (nSPS) is 10.2. The van der Waals surface area contributed by atoms with Gasteiger partial charge in [0.25, 0.3) is 0 Å². The maximum atomic E-state index is 5.66. The molecule has 0 spiro atoms. The summed E-state index contributed by atoms with van der Waals surface area (Å²) in [4.78, 5) is 0. The number of nitrogens with one attached hydrogen (secondary N) is 1. The molecule has 0 saturated carbocycles. The van der Waals surface area contributed by atoms with Gasteiger partial charge in [-0.1, -0.05) is 15.9 Å². The van der Waals surface area contributed by atoms with Crippen LogP contribution < -0.4 is 14.8 Å². The number of rotatable bonds is 7. The second kappa shape index (κ2) is 7.52. The van der Waals surface area contributed by atoms with Crippen LogP contribution in [0.2, 0.25) is 0 Å². The zero-order valence-electron chi connectivity index (χ0n) is 9.75. The third kappa shape index (κ3) is 4.41. The summed E-state index contributed by atoms with van der Waals surface area (Å²) in [6, 6.07) is 5.81. The van der Waals surface area contributed by atoms with Gasteiger partial charge in [0.15, 0.2) is 11.5 Å². The van der Waals surface area contributed by atoms with Crippen LogP contribution in [0.1, 0.15) is 13.3 Å². The molecule has 1 rings (SSSR count). The molecule has 0 saturated heterocycles. The van der Waals surface area contributed by atoms with Crippen LogP contribution in [-0.2, 0) is 0 Å². The van der Waals surface area contributed by atoms with Gasteiger partial charge >= 0.3 is 0 Å². The van der Waals surface area contributed by atoms with E-state index in [1.807, 2.05) is 32.2 Å². The fraction of sp³-hybridized carbons (Fsp3) is 0.500. The maximum Gasteiger partial charge on any atom is 0.162 e. The number of hydrogen-bond acceptors (Lipinski definition) is 3. The van der Waals surface area contributed by atoms with Gasteiger partial charge in [0, 0.05) is 4.47 Å². The summed E-state index contributed by atoms with van der Waals surface area (Å²) >= 11 is 3.41. The van der Waals surface area contributed by atoms with Gasteiger partial charge in [-0.15, -0.1) is 0 Å². The monoisotopic (exact) mass is 287 g/mol. The average Bonchev–Trinajstić information content (AvgIpc) is 2.27. The van der Waals surface area contributed by atoms with Crippen LogP contribution in [0, 0.1) is 0 Å². The van der Waals surface area contributed by atoms with E-state index in [4.69, 9.17) is 9.47 Å². The zero-order chi connectivity index (χ0) is 11.8. The van der Waals surface area contributed by atoms with Crippen molar-refractivity contribution in [1.82, 2.24) is 5.32 Å². The second-order valence-electron chi connectivity index (χ2n) is 3.33. The van der Waals surface area contributed by atoms with Crippen molar-refractivity contribution in [3.63, 3.8) is 0 Å². The Labute approximate surface area is 105 Å². The van der Waals surface area contributed by atoms with Crippen LogP contribution in [0.25, 0.3) is 0 Å². The summed E-state index contributed by atoms with van der Waals surface area (Å²) in [5.41, 5.74) is 0. The fourth-order valence-corrected chi connectivity index (χ4v) is 1.64. The molecule has 0 aliphatic carbocycles. The highest BCUT2D eigenvalue weighted by Crippen LogP contribution is 2.30. The van der Waals surface area contributed by atoms with Crippen LogP contribution in [0.5, 0.6) is 11.5 Å². The number of ether oxygens (including phenoxy) is 2. The van der Waals surface area contributed by atoms with Gasteiger partial charge in [-0.05, 0) is 45.1 Å². The Balaban J connectivity index is 2.56. The van der Waals surface area contributed by atoms with Crippen LogP contribution in [0.3, 0.4) is 0 Å². The van der Waals surface area contributed by atoms with Crippen molar-refractivity contribution in [1.29, 1.82) is 0 Å². The zero-order valence-corrected chi connectivity index (χ0v) is 11.3. The lowest BCUT2D eigenvalue weighted by molar-refractivity contribution is 0.273. The molecule has 0 amide bonds. The van der Waals surface area contributed by atoms with E-state index in [1.165, 1.54) is 0 Å². The molecule has 0 heterocycles. The lowest BCUT2D eigenvalue weighted by Crippen LogP contribution is -2.11. The van der Waals surface area contributed by atoms with Gasteiger partial charge in [0.2, 0.25) is 0 Å². The summed E-state index contributed by atoms with van der Waals surface area (Å²) in [7, 11) is 1.94. The van der Waals surface area contributed by atoms with Crippen molar-refractivity contribution < 1.29 is 9.47 Å². The molecule has 3 nitrogen and oxygen atoms in total. The van der Waals surface area contributed by atoms with Crippen molar-refractivity contribution in [3.05, 3.63) is 22.7 Å². The van der Waals surface area contributed by atoms with Crippen molar-refractivity contribution in [2.24, 2.45) is 0 Å². The van der Waals surface area contributed by atoms with Crippen LogP contribution in [0.4, 0.5) is 0 Å². The van der Waals surface area contributed by atoms with Gasteiger partial charge in [-0.3, -0.25) is 0 Å². The van der Waals surface area contributed by atoms with Crippen molar-refractivity contribution in [3.8, 4) is 11.5 Å². The van der Waals surface area contributed by atoms with E-state index in [1.54, 1.807) is 0 Å². The molecule has 0 aliphatic rings. The molecule has 0 fully saturated rings. The molecule has 0 aliphatic heterocycles. The molecule has 0 atom stereocenters. The van der Waals surface area contributed by atoms with E-state index in [0.717, 1.165) is 28.9 Å². The summed E-state index contributed by atoms with van der Waals surface area (Å²) in [6.07, 6.45) is 0.984. The Morgan fingerprint density at radius 1 is 1.25 bits per heavy atom. The SMILES string of the molecule is CCOc1cc(Br)ccc1OCCCNC. The molecule has 0 bridgehead atoms. The summed E-state index contributed by atoms with van der Waals surface area (Å²) in [5, 5.41) is 3.08. The maximum absolute atomic E-state index is 5.66. The number of hydrogen-bond donors (Lipinski definition) is 1. The lowest BCUT2D eigenvalue weighted by Gasteiger charge is -2.12. The van der Waals surface area contributed by atoms with Gasteiger partial charge < -0.3 is 14.8 Å². The van der Waals surface area contributed by atoms with Crippen molar-refractivity contribution in [2.45, 2.75) is 13.3 Å². The molecule has 90 valence electrons. The molecule has 1 N–H and O–H groups in total. The fourth-order valence-electron chi connectivity index (χ4n) is 1.30. The highest BCUT2D eigenvalue weighted by Gasteiger charge is 2.05. The van der Waals surface area contributed by atoms with Gasteiger partial charge in [-0.25, -0.2) is 0 Å². The Morgan fingerprint density at radius 3 is 2.75 bits per heavy atom.